The lowest BCUT2D eigenvalue weighted by molar-refractivity contribution is -0.116. The summed E-state index contributed by atoms with van der Waals surface area (Å²) in [5.74, 6) is -0.201. The Bertz CT molecular complexity index is 1280. The van der Waals surface area contributed by atoms with Crippen LogP contribution in [0.4, 0.5) is 5.69 Å². The molecule has 2 N–H and O–H groups in total. The molecular formula is C28H23BrN2O2. The number of hydrogen-bond acceptors (Lipinski definition) is 3. The lowest BCUT2D eigenvalue weighted by Crippen LogP contribution is -2.42. The molecule has 0 aromatic heterocycles. The zero-order valence-electron chi connectivity index (χ0n) is 18.0. The number of para-hydroxylation sites is 1. The number of Topliss-reactive ketones (excluding diaryl/α,β-unsaturated/α-hetero) is 1. The highest BCUT2D eigenvalue weighted by atomic mass is 79.9. The maximum Gasteiger partial charge on any atom is 0.161 e. The lowest BCUT2D eigenvalue weighted by atomic mass is 9.73. The quantitative estimate of drug-likeness (QED) is 0.381. The van der Waals surface area contributed by atoms with Gasteiger partial charge in [0, 0.05) is 44.9 Å². The molecule has 1 atom stereocenters. The molecule has 0 spiro atoms. The number of amidine groups is 1. The molecule has 3 aromatic carbocycles. The Hall–Kier alpha value is -3.44. The monoisotopic (exact) mass is 498 g/mol. The fraction of sp³-hybridized carbons (Fsp3) is 0.143. The average molecular weight is 499 g/mol. The second-order valence-electron chi connectivity index (χ2n) is 8.27. The maximum atomic E-state index is 13.4. The first-order valence-electron chi connectivity index (χ1n) is 11.0. The molecule has 1 aliphatic heterocycles. The van der Waals surface area contributed by atoms with Gasteiger partial charge in [-0.3, -0.25) is 15.1 Å². The number of carbonyl (C=O) groups is 1. The summed E-state index contributed by atoms with van der Waals surface area (Å²) in [5.41, 5.74) is 4.31. The zero-order valence-corrected chi connectivity index (χ0v) is 19.5. The zero-order chi connectivity index (χ0) is 22.9. The van der Waals surface area contributed by atoms with Gasteiger partial charge < -0.3 is 5.11 Å². The molecular weight excluding hydrogens is 476 g/mol. The smallest absolute Gasteiger partial charge is 0.161 e. The summed E-state index contributed by atoms with van der Waals surface area (Å²) in [5, 5.41) is 20.8. The van der Waals surface area contributed by atoms with Gasteiger partial charge in [0.15, 0.2) is 5.78 Å². The molecule has 0 radical (unpaired) electrons. The Kier molecular flexibility index (Phi) is 5.73. The van der Waals surface area contributed by atoms with Gasteiger partial charge >= 0.3 is 0 Å². The molecule has 1 aliphatic carbocycles. The summed E-state index contributed by atoms with van der Waals surface area (Å²) < 4.78 is 0.935. The molecule has 5 heteroatoms. The van der Waals surface area contributed by atoms with E-state index in [4.69, 9.17) is 0 Å². The predicted octanol–water partition coefficient (Wildman–Crippen LogP) is 7.01. The molecule has 0 saturated heterocycles. The van der Waals surface area contributed by atoms with Crippen LogP contribution in [0.15, 0.2) is 106 Å². The van der Waals surface area contributed by atoms with E-state index in [0.717, 1.165) is 27.8 Å². The number of nitrogens with zero attached hydrogens (tertiary/aromatic N) is 1. The summed E-state index contributed by atoms with van der Waals surface area (Å²) in [4.78, 5) is 15.2. The molecule has 0 fully saturated rings. The SMILES string of the molecule is N=C1C(=C(O)c2ccccc2)C(c2ccc(Br)cc2)C2=C(CCCC2=O)N1c1ccccc1. The number of ketones is 1. The van der Waals surface area contributed by atoms with Crippen LogP contribution in [0.3, 0.4) is 0 Å². The van der Waals surface area contributed by atoms with Crippen LogP contribution in [-0.4, -0.2) is 16.7 Å². The molecule has 1 heterocycles. The first-order valence-corrected chi connectivity index (χ1v) is 11.8. The molecule has 0 saturated carbocycles. The first kappa shape index (κ1) is 21.4. The minimum absolute atomic E-state index is 0.0272. The van der Waals surface area contributed by atoms with Gasteiger partial charge in [-0.15, -0.1) is 0 Å². The number of nitrogens with one attached hydrogen (secondary N) is 1. The second-order valence-corrected chi connectivity index (χ2v) is 9.19. The van der Waals surface area contributed by atoms with E-state index < -0.39 is 5.92 Å². The van der Waals surface area contributed by atoms with Gasteiger partial charge in [-0.2, -0.15) is 0 Å². The van der Waals surface area contributed by atoms with Crippen molar-refractivity contribution in [1.82, 2.24) is 0 Å². The molecule has 3 aromatic rings. The Balaban J connectivity index is 1.83. The van der Waals surface area contributed by atoms with E-state index >= 15 is 0 Å². The van der Waals surface area contributed by atoms with Crippen LogP contribution in [0, 0.1) is 5.41 Å². The van der Waals surface area contributed by atoms with Crippen LogP contribution in [-0.2, 0) is 4.79 Å². The highest BCUT2D eigenvalue weighted by Gasteiger charge is 2.43. The van der Waals surface area contributed by atoms with Gasteiger partial charge in [-0.1, -0.05) is 76.6 Å². The van der Waals surface area contributed by atoms with Crippen LogP contribution in [0.25, 0.3) is 5.76 Å². The average Bonchev–Trinajstić information content (AvgIpc) is 2.85. The largest absolute Gasteiger partial charge is 0.507 e. The van der Waals surface area contributed by atoms with E-state index in [1.54, 1.807) is 0 Å². The maximum absolute atomic E-state index is 13.4. The van der Waals surface area contributed by atoms with Crippen molar-refractivity contribution in [3.05, 3.63) is 117 Å². The van der Waals surface area contributed by atoms with Crippen molar-refractivity contribution in [2.45, 2.75) is 25.2 Å². The highest BCUT2D eigenvalue weighted by molar-refractivity contribution is 9.10. The van der Waals surface area contributed by atoms with Crippen molar-refractivity contribution in [3.8, 4) is 0 Å². The van der Waals surface area contributed by atoms with Gasteiger partial charge in [0.25, 0.3) is 0 Å². The highest BCUT2D eigenvalue weighted by Crippen LogP contribution is 2.47. The van der Waals surface area contributed by atoms with Crippen LogP contribution >= 0.6 is 15.9 Å². The van der Waals surface area contributed by atoms with E-state index in [2.05, 4.69) is 15.9 Å². The third kappa shape index (κ3) is 3.83. The van der Waals surface area contributed by atoms with Crippen LogP contribution in [0.2, 0.25) is 0 Å². The number of halogens is 1. The van der Waals surface area contributed by atoms with E-state index in [1.807, 2.05) is 89.8 Å². The second kappa shape index (κ2) is 8.83. The molecule has 4 nitrogen and oxygen atoms in total. The van der Waals surface area contributed by atoms with Crippen LogP contribution in [0.1, 0.15) is 36.3 Å². The van der Waals surface area contributed by atoms with E-state index in [9.17, 15) is 15.3 Å². The Morgan fingerprint density at radius 2 is 1.55 bits per heavy atom. The van der Waals surface area contributed by atoms with Crippen molar-refractivity contribution in [1.29, 1.82) is 5.41 Å². The topological polar surface area (TPSA) is 64.4 Å². The van der Waals surface area contributed by atoms with Crippen molar-refractivity contribution in [2.24, 2.45) is 0 Å². The Morgan fingerprint density at radius 3 is 2.21 bits per heavy atom. The number of benzene rings is 3. The molecule has 1 unspecified atom stereocenters. The number of aliphatic hydroxyl groups excluding tert-OH is 1. The number of rotatable bonds is 3. The summed E-state index contributed by atoms with van der Waals surface area (Å²) >= 11 is 3.49. The third-order valence-corrected chi connectivity index (χ3v) is 6.80. The van der Waals surface area contributed by atoms with Crippen molar-refractivity contribution < 1.29 is 9.90 Å². The summed E-state index contributed by atoms with van der Waals surface area (Å²) in [7, 11) is 0. The number of aliphatic hydroxyl groups is 1. The van der Waals surface area contributed by atoms with Gasteiger partial charge in [-0.25, -0.2) is 0 Å². The van der Waals surface area contributed by atoms with Crippen molar-refractivity contribution in [3.63, 3.8) is 0 Å². The Morgan fingerprint density at radius 1 is 0.909 bits per heavy atom. The fourth-order valence-electron chi connectivity index (χ4n) is 4.79. The van der Waals surface area contributed by atoms with E-state index in [-0.39, 0.29) is 17.4 Å². The van der Waals surface area contributed by atoms with Gasteiger partial charge in [0.1, 0.15) is 11.6 Å². The summed E-state index contributed by atoms with van der Waals surface area (Å²) in [6.07, 6.45) is 1.94. The van der Waals surface area contributed by atoms with E-state index in [0.29, 0.717) is 29.6 Å². The van der Waals surface area contributed by atoms with Crippen LogP contribution in [0.5, 0.6) is 0 Å². The normalized spacial score (nSPS) is 20.0. The van der Waals surface area contributed by atoms with Gasteiger partial charge in [0.2, 0.25) is 0 Å². The van der Waals surface area contributed by atoms with Gasteiger partial charge in [0.05, 0.1) is 0 Å². The van der Waals surface area contributed by atoms with Gasteiger partial charge in [-0.05, 0) is 42.7 Å². The lowest BCUT2D eigenvalue weighted by Gasteiger charge is -2.41. The van der Waals surface area contributed by atoms with E-state index in [1.165, 1.54) is 0 Å². The predicted molar refractivity (Wildman–Crippen MR) is 135 cm³/mol. The Labute approximate surface area is 201 Å². The molecule has 33 heavy (non-hydrogen) atoms. The number of anilines is 1. The summed E-state index contributed by atoms with van der Waals surface area (Å²) in [6.45, 7) is 0. The third-order valence-electron chi connectivity index (χ3n) is 6.27. The van der Waals surface area contributed by atoms with Crippen molar-refractivity contribution >= 4 is 39.0 Å². The molecule has 0 amide bonds. The minimum atomic E-state index is -0.506. The summed E-state index contributed by atoms with van der Waals surface area (Å²) in [6, 6.07) is 26.7. The number of carbonyl (C=O) groups excluding carboxylic acids is 1. The molecule has 5 rings (SSSR count). The van der Waals surface area contributed by atoms with Crippen LogP contribution < -0.4 is 4.90 Å². The first-order chi connectivity index (χ1) is 16.1. The fourth-order valence-corrected chi connectivity index (χ4v) is 5.06. The number of allylic oxidation sites excluding steroid dienone is 2. The molecule has 164 valence electrons. The molecule has 0 bridgehead atoms. The number of hydrogen-bond donors (Lipinski definition) is 2. The molecule has 2 aliphatic rings. The standard InChI is InChI=1S/C28H23BrN2O2/c29-20-16-14-18(15-17-20)24-25-22(12-7-13-23(25)32)31(21-10-5-2-6-11-21)28(30)26(24)27(33)19-8-3-1-4-9-19/h1-6,8-11,14-17,24,30,33H,7,12-13H2. The van der Waals surface area contributed by atoms with Crippen molar-refractivity contribution in [2.75, 3.05) is 4.90 Å². The minimum Gasteiger partial charge on any atom is -0.507 e.